The van der Waals surface area contributed by atoms with Crippen molar-refractivity contribution < 1.29 is 4.79 Å². The summed E-state index contributed by atoms with van der Waals surface area (Å²) in [6, 6.07) is 0. The molecule has 2 rings (SSSR count). The molecule has 0 fully saturated rings. The molecular weight excluding hydrogens is 238 g/mol. The van der Waals surface area contributed by atoms with Crippen LogP contribution in [0.1, 0.15) is 23.7 Å². The molecule has 2 aromatic heterocycles. The van der Waals surface area contributed by atoms with Gasteiger partial charge in [0, 0.05) is 31.4 Å². The van der Waals surface area contributed by atoms with Crippen LogP contribution in [0.15, 0.2) is 22.6 Å². The molecule has 0 aliphatic carbocycles. The summed E-state index contributed by atoms with van der Waals surface area (Å²) in [5, 5.41) is 1.77. The maximum absolute atomic E-state index is 12.0. The number of amides is 1. The second-order valence-electron chi connectivity index (χ2n) is 3.76. The van der Waals surface area contributed by atoms with E-state index in [1.807, 2.05) is 6.92 Å². The maximum atomic E-state index is 12.0. The van der Waals surface area contributed by atoms with Crippen molar-refractivity contribution >= 4 is 22.2 Å². The van der Waals surface area contributed by atoms with Crippen LogP contribution in [-0.2, 0) is 0 Å². The molecule has 90 valence electrons. The van der Waals surface area contributed by atoms with E-state index in [0.717, 1.165) is 6.42 Å². The lowest BCUT2D eigenvalue weighted by Crippen LogP contribution is -2.33. The zero-order valence-electron chi connectivity index (χ0n) is 9.71. The number of aromatic nitrogens is 2. The maximum Gasteiger partial charge on any atom is 0.271 e. The molecule has 0 saturated carbocycles. The van der Waals surface area contributed by atoms with Gasteiger partial charge in [0.05, 0.1) is 0 Å². The summed E-state index contributed by atoms with van der Waals surface area (Å²) in [5.41, 5.74) is -0.180. The Bertz CT molecular complexity index is 602. The first-order valence-electron chi connectivity index (χ1n) is 5.35. The lowest BCUT2D eigenvalue weighted by molar-refractivity contribution is 0.0793. The van der Waals surface area contributed by atoms with Crippen LogP contribution in [0.4, 0.5) is 0 Å². The zero-order valence-corrected chi connectivity index (χ0v) is 10.5. The second kappa shape index (κ2) is 4.67. The van der Waals surface area contributed by atoms with Crippen molar-refractivity contribution in [2.75, 3.05) is 13.6 Å². The van der Waals surface area contributed by atoms with E-state index in [1.54, 1.807) is 18.6 Å². The fraction of sp³-hybridized carbons (Fsp3) is 0.364. The van der Waals surface area contributed by atoms with Gasteiger partial charge < -0.3 is 4.90 Å². The summed E-state index contributed by atoms with van der Waals surface area (Å²) in [4.78, 5) is 30.3. The third kappa shape index (κ3) is 2.08. The molecule has 5 nitrogen and oxygen atoms in total. The molecule has 0 atom stereocenters. The fourth-order valence-electron chi connectivity index (χ4n) is 1.61. The van der Waals surface area contributed by atoms with Crippen molar-refractivity contribution in [2.24, 2.45) is 0 Å². The number of thiazole rings is 1. The van der Waals surface area contributed by atoms with E-state index >= 15 is 0 Å². The van der Waals surface area contributed by atoms with E-state index in [4.69, 9.17) is 0 Å². The smallest absolute Gasteiger partial charge is 0.271 e. The predicted molar refractivity (Wildman–Crippen MR) is 66.6 cm³/mol. The summed E-state index contributed by atoms with van der Waals surface area (Å²) in [6.45, 7) is 2.61. The highest BCUT2D eigenvalue weighted by molar-refractivity contribution is 7.15. The van der Waals surface area contributed by atoms with Crippen molar-refractivity contribution in [1.82, 2.24) is 14.3 Å². The van der Waals surface area contributed by atoms with Gasteiger partial charge in [0.2, 0.25) is 0 Å². The molecule has 0 unspecified atom stereocenters. The highest BCUT2D eigenvalue weighted by Crippen LogP contribution is 2.06. The average molecular weight is 251 g/mol. The van der Waals surface area contributed by atoms with Crippen LogP contribution in [0.5, 0.6) is 0 Å². The van der Waals surface area contributed by atoms with Gasteiger partial charge in [0.25, 0.3) is 11.5 Å². The molecule has 0 N–H and O–H groups in total. The molecule has 0 radical (unpaired) electrons. The van der Waals surface area contributed by atoms with Gasteiger partial charge in [-0.1, -0.05) is 6.92 Å². The summed E-state index contributed by atoms with van der Waals surface area (Å²) in [6.07, 6.45) is 3.85. The normalized spacial score (nSPS) is 10.7. The minimum atomic E-state index is -0.302. The molecule has 17 heavy (non-hydrogen) atoms. The van der Waals surface area contributed by atoms with Gasteiger partial charge in [-0.25, -0.2) is 4.98 Å². The summed E-state index contributed by atoms with van der Waals surface area (Å²) < 4.78 is 1.40. The van der Waals surface area contributed by atoms with Gasteiger partial charge in [-0.05, 0) is 6.42 Å². The van der Waals surface area contributed by atoms with Crippen LogP contribution < -0.4 is 5.56 Å². The quantitative estimate of drug-likeness (QED) is 0.824. The predicted octanol–water partition coefficient (Wildman–Crippen LogP) is 1.24. The first-order valence-corrected chi connectivity index (χ1v) is 6.23. The zero-order chi connectivity index (χ0) is 12.4. The van der Waals surface area contributed by atoms with Gasteiger partial charge in [0.1, 0.15) is 5.56 Å². The standard InChI is InChI=1S/C11H13N3O2S/c1-3-4-13(2)9(15)8-7-12-11-14(10(8)16)5-6-17-11/h5-7H,3-4H2,1-2H3. The molecule has 2 aromatic rings. The van der Waals surface area contributed by atoms with Crippen molar-refractivity contribution in [3.05, 3.63) is 33.7 Å². The van der Waals surface area contributed by atoms with E-state index < -0.39 is 0 Å². The molecule has 0 aliphatic heterocycles. The monoisotopic (exact) mass is 251 g/mol. The second-order valence-corrected chi connectivity index (χ2v) is 4.63. The number of rotatable bonds is 3. The number of hydrogen-bond donors (Lipinski definition) is 0. The van der Waals surface area contributed by atoms with Gasteiger partial charge in [-0.2, -0.15) is 0 Å². The Morgan fingerprint density at radius 2 is 2.35 bits per heavy atom. The van der Waals surface area contributed by atoms with Crippen molar-refractivity contribution in [3.63, 3.8) is 0 Å². The highest BCUT2D eigenvalue weighted by Gasteiger charge is 2.16. The summed E-state index contributed by atoms with van der Waals surface area (Å²) in [5.74, 6) is -0.273. The number of nitrogens with zero attached hydrogens (tertiary/aromatic N) is 3. The van der Waals surface area contributed by atoms with Crippen molar-refractivity contribution in [2.45, 2.75) is 13.3 Å². The molecule has 0 spiro atoms. The van der Waals surface area contributed by atoms with Gasteiger partial charge in [-0.3, -0.25) is 14.0 Å². The summed E-state index contributed by atoms with van der Waals surface area (Å²) in [7, 11) is 1.69. The Morgan fingerprint density at radius 3 is 3.06 bits per heavy atom. The molecule has 0 aliphatic rings. The molecule has 2 heterocycles. The number of fused-ring (bicyclic) bond motifs is 1. The Hall–Kier alpha value is -1.69. The van der Waals surface area contributed by atoms with E-state index in [1.165, 1.54) is 26.8 Å². The third-order valence-corrected chi connectivity index (χ3v) is 3.25. The Kier molecular flexibility index (Phi) is 3.23. The van der Waals surface area contributed by atoms with Crippen LogP contribution in [0.2, 0.25) is 0 Å². The SMILES string of the molecule is CCCN(C)C(=O)c1cnc2sccn2c1=O. The van der Waals surface area contributed by atoms with Crippen molar-refractivity contribution in [3.8, 4) is 0 Å². The molecule has 6 heteroatoms. The molecule has 0 saturated heterocycles. The fourth-order valence-corrected chi connectivity index (χ4v) is 2.29. The third-order valence-electron chi connectivity index (χ3n) is 2.48. The lowest BCUT2D eigenvalue weighted by Gasteiger charge is -2.15. The first-order chi connectivity index (χ1) is 8.15. The number of carbonyl (C=O) groups excluding carboxylic acids is 1. The topological polar surface area (TPSA) is 54.7 Å². The minimum Gasteiger partial charge on any atom is -0.341 e. The largest absolute Gasteiger partial charge is 0.341 e. The number of carbonyl (C=O) groups is 1. The molecular formula is C11H13N3O2S. The van der Waals surface area contributed by atoms with E-state index in [2.05, 4.69) is 4.98 Å². The van der Waals surface area contributed by atoms with E-state index in [0.29, 0.717) is 11.5 Å². The first kappa shape index (κ1) is 11.8. The molecule has 0 aromatic carbocycles. The van der Waals surface area contributed by atoms with Crippen LogP contribution >= 0.6 is 11.3 Å². The molecule has 0 bridgehead atoms. The summed E-state index contributed by atoms with van der Waals surface area (Å²) >= 11 is 1.37. The lowest BCUT2D eigenvalue weighted by atomic mass is 10.3. The Morgan fingerprint density at radius 1 is 1.59 bits per heavy atom. The molecule has 1 amide bonds. The van der Waals surface area contributed by atoms with Crippen LogP contribution in [0.3, 0.4) is 0 Å². The number of hydrogen-bond acceptors (Lipinski definition) is 4. The van der Waals surface area contributed by atoms with Gasteiger partial charge >= 0.3 is 0 Å². The Balaban J connectivity index is 2.45. The van der Waals surface area contributed by atoms with Gasteiger partial charge in [0.15, 0.2) is 4.96 Å². The van der Waals surface area contributed by atoms with Crippen LogP contribution in [0, 0.1) is 0 Å². The Labute approximate surface area is 102 Å². The van der Waals surface area contributed by atoms with E-state index in [9.17, 15) is 9.59 Å². The van der Waals surface area contributed by atoms with Crippen molar-refractivity contribution in [1.29, 1.82) is 0 Å². The van der Waals surface area contributed by atoms with Gasteiger partial charge in [-0.15, -0.1) is 11.3 Å². The average Bonchev–Trinajstić information content (AvgIpc) is 2.78. The minimum absolute atomic E-state index is 0.122. The van der Waals surface area contributed by atoms with E-state index in [-0.39, 0.29) is 17.0 Å². The highest BCUT2D eigenvalue weighted by atomic mass is 32.1. The van der Waals surface area contributed by atoms with Crippen LogP contribution in [0.25, 0.3) is 4.96 Å². The van der Waals surface area contributed by atoms with Crippen LogP contribution in [-0.4, -0.2) is 33.8 Å².